The van der Waals surface area contributed by atoms with Gasteiger partial charge in [0.1, 0.15) is 5.54 Å². The van der Waals surface area contributed by atoms with E-state index in [0.717, 1.165) is 5.56 Å². The van der Waals surface area contributed by atoms with Crippen LogP contribution in [0.3, 0.4) is 0 Å². The number of amides is 1. The maximum Gasteiger partial charge on any atom is 0.239 e. The number of nitrogens with two attached hydrogens (primary N) is 1. The molecule has 1 aromatic rings. The van der Waals surface area contributed by atoms with Gasteiger partial charge in [0, 0.05) is 0 Å². The zero-order chi connectivity index (χ0) is 9.47. The van der Waals surface area contributed by atoms with Crippen LogP contribution in [0.2, 0.25) is 0 Å². The van der Waals surface area contributed by atoms with E-state index in [2.05, 4.69) is 5.32 Å². The largest absolute Gasteiger partial charge is 0.368 e. The maximum absolute atomic E-state index is 11.0. The van der Waals surface area contributed by atoms with Crippen molar-refractivity contribution in [3.05, 3.63) is 35.9 Å². The van der Waals surface area contributed by atoms with Gasteiger partial charge in [0.25, 0.3) is 0 Å². The van der Waals surface area contributed by atoms with Gasteiger partial charge in [-0.05, 0) is 12.5 Å². The van der Waals surface area contributed by atoms with Crippen molar-refractivity contribution >= 4 is 5.91 Å². The lowest BCUT2D eigenvalue weighted by molar-refractivity contribution is -0.120. The fourth-order valence-corrected chi connectivity index (χ4v) is 1.53. The third-order valence-electron chi connectivity index (χ3n) is 2.58. The molecule has 1 aromatic carbocycles. The lowest BCUT2D eigenvalue weighted by Crippen LogP contribution is -2.31. The predicted molar refractivity (Wildman–Crippen MR) is 49.9 cm³/mol. The summed E-state index contributed by atoms with van der Waals surface area (Å²) >= 11 is 0. The summed E-state index contributed by atoms with van der Waals surface area (Å²) < 4.78 is 0. The van der Waals surface area contributed by atoms with Crippen molar-refractivity contribution in [2.24, 2.45) is 5.73 Å². The average molecular weight is 176 g/mol. The fourth-order valence-electron chi connectivity index (χ4n) is 1.53. The van der Waals surface area contributed by atoms with Crippen LogP contribution in [0.4, 0.5) is 0 Å². The topological polar surface area (TPSA) is 65.0 Å². The highest BCUT2D eigenvalue weighted by atomic mass is 16.2. The minimum Gasteiger partial charge on any atom is -0.368 e. The van der Waals surface area contributed by atoms with Gasteiger partial charge in [-0.1, -0.05) is 30.3 Å². The van der Waals surface area contributed by atoms with Crippen molar-refractivity contribution < 1.29 is 4.79 Å². The van der Waals surface area contributed by atoms with Crippen LogP contribution in [-0.4, -0.2) is 11.4 Å². The van der Waals surface area contributed by atoms with Crippen LogP contribution < -0.4 is 11.1 Å². The molecule has 3 N–H and O–H groups in total. The molecule has 2 atom stereocenters. The number of carbonyl (C=O) groups is 1. The molecule has 68 valence electrons. The molecule has 2 rings (SSSR count). The van der Waals surface area contributed by atoms with Gasteiger partial charge in [-0.3, -0.25) is 10.1 Å². The molecule has 3 nitrogen and oxygen atoms in total. The second-order valence-corrected chi connectivity index (χ2v) is 3.55. The maximum atomic E-state index is 11.0. The van der Waals surface area contributed by atoms with Crippen molar-refractivity contribution in [3.8, 4) is 0 Å². The smallest absolute Gasteiger partial charge is 0.239 e. The molecule has 13 heavy (non-hydrogen) atoms. The Morgan fingerprint density at radius 2 is 2.08 bits per heavy atom. The van der Waals surface area contributed by atoms with E-state index in [1.165, 1.54) is 0 Å². The Hall–Kier alpha value is -1.35. The van der Waals surface area contributed by atoms with Crippen LogP contribution in [0.5, 0.6) is 0 Å². The predicted octanol–water partition coefficient (Wildman–Crippen LogP) is 0.575. The van der Waals surface area contributed by atoms with Crippen molar-refractivity contribution in [2.45, 2.75) is 18.5 Å². The van der Waals surface area contributed by atoms with E-state index < -0.39 is 5.54 Å². The van der Waals surface area contributed by atoms with E-state index in [1.54, 1.807) is 0 Å². The van der Waals surface area contributed by atoms with Gasteiger partial charge in [0.15, 0.2) is 0 Å². The number of nitrogens with one attached hydrogen (secondary N) is 1. The van der Waals surface area contributed by atoms with E-state index >= 15 is 0 Å². The Morgan fingerprint density at radius 1 is 1.46 bits per heavy atom. The molecule has 0 aliphatic carbocycles. The highest BCUT2D eigenvalue weighted by Crippen LogP contribution is 2.39. The standard InChI is InChI=1S/C10H12N2O/c1-10(9(11)13)8(12-10)7-5-3-2-4-6-7/h2-6,8,12H,1H3,(H2,11,13)/t8-,10+/m1/s1. The quantitative estimate of drug-likeness (QED) is 0.647. The summed E-state index contributed by atoms with van der Waals surface area (Å²) in [5.74, 6) is -0.290. The number of rotatable bonds is 2. The molecule has 0 unspecified atom stereocenters. The summed E-state index contributed by atoms with van der Waals surface area (Å²) in [6.07, 6.45) is 0. The van der Waals surface area contributed by atoms with Crippen molar-refractivity contribution in [1.82, 2.24) is 5.32 Å². The average Bonchev–Trinajstić information content (AvgIpc) is 2.81. The minimum atomic E-state index is -0.540. The monoisotopic (exact) mass is 176 g/mol. The van der Waals surface area contributed by atoms with Crippen LogP contribution in [0, 0.1) is 0 Å². The van der Waals surface area contributed by atoms with Crippen molar-refractivity contribution in [3.63, 3.8) is 0 Å². The van der Waals surface area contributed by atoms with Crippen molar-refractivity contribution in [1.29, 1.82) is 0 Å². The summed E-state index contributed by atoms with van der Waals surface area (Å²) in [7, 11) is 0. The first kappa shape index (κ1) is 8.26. The van der Waals surface area contributed by atoms with E-state index in [0.29, 0.717) is 0 Å². The third kappa shape index (κ3) is 1.21. The van der Waals surface area contributed by atoms with Gasteiger partial charge >= 0.3 is 0 Å². The van der Waals surface area contributed by atoms with Gasteiger partial charge < -0.3 is 5.73 Å². The zero-order valence-corrected chi connectivity index (χ0v) is 7.45. The Bertz CT molecular complexity index is 336. The highest BCUT2D eigenvalue weighted by molar-refractivity contribution is 5.89. The number of hydrogen-bond donors (Lipinski definition) is 2. The Morgan fingerprint density at radius 3 is 2.54 bits per heavy atom. The first-order chi connectivity index (χ1) is 6.14. The molecule has 1 saturated heterocycles. The van der Waals surface area contributed by atoms with Gasteiger partial charge in [-0.2, -0.15) is 0 Å². The van der Waals surface area contributed by atoms with Gasteiger partial charge in [-0.15, -0.1) is 0 Å². The molecule has 3 heteroatoms. The van der Waals surface area contributed by atoms with E-state index in [1.807, 2.05) is 37.3 Å². The minimum absolute atomic E-state index is 0.0891. The molecule has 0 saturated carbocycles. The molecule has 0 radical (unpaired) electrons. The normalized spacial score (nSPS) is 31.3. The van der Waals surface area contributed by atoms with E-state index in [-0.39, 0.29) is 11.9 Å². The summed E-state index contributed by atoms with van der Waals surface area (Å²) in [6.45, 7) is 1.83. The van der Waals surface area contributed by atoms with Crippen LogP contribution >= 0.6 is 0 Å². The molecule has 1 aliphatic heterocycles. The number of primary amides is 1. The molecular weight excluding hydrogens is 164 g/mol. The van der Waals surface area contributed by atoms with E-state index in [4.69, 9.17) is 5.73 Å². The zero-order valence-electron chi connectivity index (χ0n) is 7.45. The molecule has 1 aliphatic rings. The van der Waals surface area contributed by atoms with Gasteiger partial charge in [0.2, 0.25) is 5.91 Å². The number of carbonyl (C=O) groups excluding carboxylic acids is 1. The van der Waals surface area contributed by atoms with Crippen LogP contribution in [0.15, 0.2) is 30.3 Å². The summed E-state index contributed by atoms with van der Waals surface area (Å²) in [4.78, 5) is 11.0. The molecule has 1 amide bonds. The second-order valence-electron chi connectivity index (χ2n) is 3.55. The van der Waals surface area contributed by atoms with E-state index in [9.17, 15) is 4.79 Å². The summed E-state index contributed by atoms with van der Waals surface area (Å²) in [5, 5.41) is 3.09. The lowest BCUT2D eigenvalue weighted by atomic mass is 10.0. The molecule has 0 spiro atoms. The van der Waals surface area contributed by atoms with Gasteiger partial charge in [0.05, 0.1) is 6.04 Å². The summed E-state index contributed by atoms with van der Waals surface area (Å²) in [5.41, 5.74) is 5.83. The second kappa shape index (κ2) is 2.57. The van der Waals surface area contributed by atoms with Gasteiger partial charge in [-0.25, -0.2) is 0 Å². The first-order valence-corrected chi connectivity index (χ1v) is 4.27. The highest BCUT2D eigenvalue weighted by Gasteiger charge is 2.55. The van der Waals surface area contributed by atoms with Crippen LogP contribution in [0.25, 0.3) is 0 Å². The Balaban J connectivity index is 2.21. The number of hydrogen-bond acceptors (Lipinski definition) is 2. The lowest BCUT2D eigenvalue weighted by Gasteiger charge is -2.02. The SMILES string of the molecule is C[C@]1(C(N)=O)N[C@@H]1c1ccccc1. The van der Waals surface area contributed by atoms with Crippen molar-refractivity contribution in [2.75, 3.05) is 0 Å². The fraction of sp³-hybridized carbons (Fsp3) is 0.300. The number of benzene rings is 1. The molecular formula is C10H12N2O. The molecule has 0 bridgehead atoms. The van der Waals surface area contributed by atoms with Crippen LogP contribution in [-0.2, 0) is 4.79 Å². The molecule has 1 heterocycles. The molecule has 1 fully saturated rings. The Labute approximate surface area is 76.9 Å². The van der Waals surface area contributed by atoms with Crippen LogP contribution in [0.1, 0.15) is 18.5 Å². The Kier molecular flexibility index (Phi) is 1.63. The first-order valence-electron chi connectivity index (χ1n) is 4.27. The molecule has 0 aromatic heterocycles. The summed E-state index contributed by atoms with van der Waals surface area (Å²) in [6, 6.07) is 9.94. The third-order valence-corrected chi connectivity index (χ3v) is 2.58.